The summed E-state index contributed by atoms with van der Waals surface area (Å²) in [6.45, 7) is 7.04. The first-order valence-corrected chi connectivity index (χ1v) is 8.52. The van der Waals surface area contributed by atoms with E-state index in [9.17, 15) is 13.6 Å². The quantitative estimate of drug-likeness (QED) is 0.754. The molecular weight excluding hydrogens is 356 g/mol. The van der Waals surface area contributed by atoms with Crippen LogP contribution in [0.4, 0.5) is 13.6 Å². The number of rotatable bonds is 7. The van der Waals surface area contributed by atoms with Gasteiger partial charge in [0.25, 0.3) is 0 Å². The molecule has 2 aromatic rings. The Morgan fingerprint density at radius 3 is 2.63 bits per heavy atom. The topological polar surface area (TPSA) is 84.3 Å². The van der Waals surface area contributed by atoms with E-state index in [1.54, 1.807) is 13.8 Å². The zero-order valence-corrected chi connectivity index (χ0v) is 15.7. The molecule has 6 nitrogen and oxygen atoms in total. The predicted molar refractivity (Wildman–Crippen MR) is 96.6 cm³/mol. The maximum Gasteiger partial charge on any atom is 0.405 e. The SMILES string of the molecule is Cc1nccc(-c2cc(F)c(OCC(C)(CC(C)C)NC(=O)O)cc2F)n1. The van der Waals surface area contributed by atoms with Gasteiger partial charge in [0.15, 0.2) is 11.6 Å². The van der Waals surface area contributed by atoms with Gasteiger partial charge in [-0.05, 0) is 38.3 Å². The Morgan fingerprint density at radius 2 is 2.04 bits per heavy atom. The van der Waals surface area contributed by atoms with E-state index < -0.39 is 23.3 Å². The fourth-order valence-electron chi connectivity index (χ4n) is 2.98. The Labute approximate surface area is 156 Å². The van der Waals surface area contributed by atoms with Gasteiger partial charge in [-0.15, -0.1) is 0 Å². The van der Waals surface area contributed by atoms with Gasteiger partial charge in [0.05, 0.1) is 11.2 Å². The average Bonchev–Trinajstić information content (AvgIpc) is 2.53. The number of halogens is 2. The van der Waals surface area contributed by atoms with Crippen LogP contribution in [-0.2, 0) is 0 Å². The second-order valence-electron chi connectivity index (χ2n) is 7.13. The van der Waals surface area contributed by atoms with E-state index in [1.165, 1.54) is 12.3 Å². The largest absolute Gasteiger partial charge is 0.488 e. The third-order valence-electron chi connectivity index (χ3n) is 3.89. The minimum atomic E-state index is -1.21. The number of nitrogens with zero attached hydrogens (tertiary/aromatic N) is 2. The third-order valence-corrected chi connectivity index (χ3v) is 3.89. The van der Waals surface area contributed by atoms with E-state index in [4.69, 9.17) is 9.84 Å². The number of aryl methyl sites for hydroxylation is 1. The summed E-state index contributed by atoms with van der Waals surface area (Å²) in [6, 6.07) is 3.44. The van der Waals surface area contributed by atoms with Crippen molar-refractivity contribution >= 4 is 6.09 Å². The first-order valence-electron chi connectivity index (χ1n) is 8.52. The number of ether oxygens (including phenoxy) is 1. The van der Waals surface area contributed by atoms with Crippen molar-refractivity contribution in [3.8, 4) is 17.0 Å². The van der Waals surface area contributed by atoms with Crippen molar-refractivity contribution in [2.75, 3.05) is 6.61 Å². The highest BCUT2D eigenvalue weighted by Crippen LogP contribution is 2.29. The lowest BCUT2D eigenvalue weighted by molar-refractivity contribution is 0.141. The molecule has 0 aliphatic carbocycles. The maximum absolute atomic E-state index is 14.5. The summed E-state index contributed by atoms with van der Waals surface area (Å²) in [4.78, 5) is 19.1. The Hall–Kier alpha value is -2.77. The highest BCUT2D eigenvalue weighted by atomic mass is 19.1. The van der Waals surface area contributed by atoms with Crippen LogP contribution in [0.1, 0.15) is 33.0 Å². The zero-order valence-electron chi connectivity index (χ0n) is 15.7. The van der Waals surface area contributed by atoms with Crippen LogP contribution >= 0.6 is 0 Å². The molecule has 1 heterocycles. The summed E-state index contributed by atoms with van der Waals surface area (Å²) < 4.78 is 34.3. The fourth-order valence-corrected chi connectivity index (χ4v) is 2.98. The van der Waals surface area contributed by atoms with Crippen molar-refractivity contribution in [1.29, 1.82) is 0 Å². The molecule has 2 rings (SSSR count). The molecular formula is C19H23F2N3O3. The molecule has 0 bridgehead atoms. The smallest absolute Gasteiger partial charge is 0.405 e. The molecule has 0 saturated heterocycles. The van der Waals surface area contributed by atoms with Crippen LogP contribution in [0, 0.1) is 24.5 Å². The number of aromatic nitrogens is 2. The van der Waals surface area contributed by atoms with Crippen LogP contribution in [0.3, 0.4) is 0 Å². The maximum atomic E-state index is 14.5. The second kappa shape index (κ2) is 8.28. The van der Waals surface area contributed by atoms with Gasteiger partial charge in [-0.25, -0.2) is 23.5 Å². The van der Waals surface area contributed by atoms with Gasteiger partial charge >= 0.3 is 6.09 Å². The molecule has 1 aromatic carbocycles. The van der Waals surface area contributed by atoms with Crippen LogP contribution in [0.15, 0.2) is 24.4 Å². The molecule has 1 amide bonds. The monoisotopic (exact) mass is 379 g/mol. The lowest BCUT2D eigenvalue weighted by Crippen LogP contribution is -2.50. The number of benzene rings is 1. The van der Waals surface area contributed by atoms with E-state index in [0.717, 1.165) is 12.1 Å². The van der Waals surface area contributed by atoms with Crippen LogP contribution in [0.5, 0.6) is 5.75 Å². The second-order valence-corrected chi connectivity index (χ2v) is 7.13. The molecule has 1 atom stereocenters. The molecule has 27 heavy (non-hydrogen) atoms. The van der Waals surface area contributed by atoms with Gasteiger partial charge in [-0.3, -0.25) is 0 Å². The molecule has 146 valence electrons. The van der Waals surface area contributed by atoms with Gasteiger partial charge in [0.1, 0.15) is 18.2 Å². The fraction of sp³-hybridized carbons (Fsp3) is 0.421. The molecule has 1 aromatic heterocycles. The van der Waals surface area contributed by atoms with Crippen molar-refractivity contribution < 1.29 is 23.4 Å². The molecule has 0 fully saturated rings. The third kappa shape index (κ3) is 5.60. The van der Waals surface area contributed by atoms with Gasteiger partial charge in [0, 0.05) is 17.8 Å². The van der Waals surface area contributed by atoms with Crippen molar-refractivity contribution in [1.82, 2.24) is 15.3 Å². The van der Waals surface area contributed by atoms with E-state index in [1.807, 2.05) is 13.8 Å². The molecule has 1 unspecified atom stereocenters. The predicted octanol–water partition coefficient (Wildman–Crippen LogP) is 4.18. The summed E-state index contributed by atoms with van der Waals surface area (Å²) in [6.07, 6.45) is 0.735. The lowest BCUT2D eigenvalue weighted by Gasteiger charge is -2.31. The minimum absolute atomic E-state index is 0.000969. The Morgan fingerprint density at radius 1 is 1.33 bits per heavy atom. The van der Waals surface area contributed by atoms with E-state index in [2.05, 4.69) is 15.3 Å². The number of amides is 1. The highest BCUT2D eigenvalue weighted by Gasteiger charge is 2.29. The van der Waals surface area contributed by atoms with Crippen molar-refractivity contribution in [2.24, 2.45) is 5.92 Å². The number of hydrogen-bond acceptors (Lipinski definition) is 4. The molecule has 0 aliphatic heterocycles. The Bertz CT molecular complexity index is 830. The first kappa shape index (κ1) is 20.5. The number of carbonyl (C=O) groups is 1. The minimum Gasteiger partial charge on any atom is -0.488 e. The van der Waals surface area contributed by atoms with Crippen LogP contribution < -0.4 is 10.1 Å². The normalized spacial score (nSPS) is 13.3. The van der Waals surface area contributed by atoms with E-state index in [0.29, 0.717) is 12.2 Å². The number of nitrogens with one attached hydrogen (secondary N) is 1. The average molecular weight is 379 g/mol. The summed E-state index contributed by atoms with van der Waals surface area (Å²) in [5.74, 6) is -1.12. The molecule has 2 N–H and O–H groups in total. The molecule has 0 aliphatic rings. The van der Waals surface area contributed by atoms with Gasteiger partial charge in [-0.2, -0.15) is 0 Å². The van der Waals surface area contributed by atoms with E-state index in [-0.39, 0.29) is 29.5 Å². The van der Waals surface area contributed by atoms with E-state index >= 15 is 0 Å². The molecule has 0 saturated carbocycles. The molecule has 0 radical (unpaired) electrons. The molecule has 0 spiro atoms. The Balaban J connectivity index is 2.24. The van der Waals surface area contributed by atoms with Crippen LogP contribution in [-0.4, -0.2) is 33.3 Å². The summed E-state index contributed by atoms with van der Waals surface area (Å²) in [7, 11) is 0. The zero-order chi connectivity index (χ0) is 20.2. The number of hydrogen-bond donors (Lipinski definition) is 2. The first-order chi connectivity index (χ1) is 12.6. The molecule has 8 heteroatoms. The van der Waals surface area contributed by atoms with Crippen molar-refractivity contribution in [2.45, 2.75) is 39.7 Å². The van der Waals surface area contributed by atoms with Crippen molar-refractivity contribution in [3.05, 3.63) is 41.9 Å². The summed E-state index contributed by atoms with van der Waals surface area (Å²) in [5.41, 5.74) is -0.674. The standard InChI is InChI=1S/C19H23F2N3O3/c1-11(2)9-19(4,24-18(25)26)10-27-17-8-14(20)13(7-15(17)21)16-5-6-22-12(3)23-16/h5-8,11,24H,9-10H2,1-4H3,(H,25,26). The van der Waals surface area contributed by atoms with Gasteiger partial charge in [0.2, 0.25) is 0 Å². The lowest BCUT2D eigenvalue weighted by atomic mass is 9.91. The van der Waals surface area contributed by atoms with Gasteiger partial charge < -0.3 is 15.2 Å². The van der Waals surface area contributed by atoms with Crippen LogP contribution in [0.2, 0.25) is 0 Å². The summed E-state index contributed by atoms with van der Waals surface area (Å²) >= 11 is 0. The number of carboxylic acid groups (broad SMARTS) is 1. The highest BCUT2D eigenvalue weighted by molar-refractivity contribution is 5.65. The van der Waals surface area contributed by atoms with Gasteiger partial charge in [-0.1, -0.05) is 13.8 Å². The summed E-state index contributed by atoms with van der Waals surface area (Å²) in [5, 5.41) is 11.4. The van der Waals surface area contributed by atoms with Crippen molar-refractivity contribution in [3.63, 3.8) is 0 Å². The van der Waals surface area contributed by atoms with Crippen LogP contribution in [0.25, 0.3) is 11.3 Å². The Kier molecular flexibility index (Phi) is 6.30.